The number of aromatic nitrogens is 1. The fourth-order valence-corrected chi connectivity index (χ4v) is 2.57. The van der Waals surface area contributed by atoms with Crippen LogP contribution in [0, 0.1) is 5.92 Å². The van der Waals surface area contributed by atoms with E-state index in [1.165, 1.54) is 0 Å². The molecule has 1 N–H and O–H groups in total. The highest BCUT2D eigenvalue weighted by molar-refractivity contribution is 6.08. The molecule has 1 aliphatic heterocycles. The minimum atomic E-state index is -0.449. The molecule has 1 aromatic rings. The van der Waals surface area contributed by atoms with Crippen LogP contribution in [0.5, 0.6) is 0 Å². The van der Waals surface area contributed by atoms with Gasteiger partial charge in [0.25, 0.3) is 0 Å². The Kier molecular flexibility index (Phi) is 4.37. The number of amides is 2. The van der Waals surface area contributed by atoms with Crippen molar-refractivity contribution in [1.29, 1.82) is 0 Å². The van der Waals surface area contributed by atoms with Gasteiger partial charge in [-0.2, -0.15) is 0 Å². The molecule has 2 heterocycles. The SMILES string of the molecule is CCC1C(=O)NC(CC(C)C)C(=O)N1c1cccnc1. The highest BCUT2D eigenvalue weighted by Crippen LogP contribution is 2.24. The Morgan fingerprint density at radius 1 is 1.40 bits per heavy atom. The van der Waals surface area contributed by atoms with Crippen LogP contribution in [0.2, 0.25) is 0 Å². The average Bonchev–Trinajstić information content (AvgIpc) is 2.42. The summed E-state index contributed by atoms with van der Waals surface area (Å²) >= 11 is 0. The van der Waals surface area contributed by atoms with Crippen molar-refractivity contribution in [1.82, 2.24) is 10.3 Å². The highest BCUT2D eigenvalue weighted by Gasteiger charge is 2.40. The van der Waals surface area contributed by atoms with E-state index in [0.717, 1.165) is 0 Å². The van der Waals surface area contributed by atoms with E-state index in [0.29, 0.717) is 24.4 Å². The van der Waals surface area contributed by atoms with E-state index in [2.05, 4.69) is 10.3 Å². The quantitative estimate of drug-likeness (QED) is 0.910. The van der Waals surface area contributed by atoms with Crippen molar-refractivity contribution in [3.05, 3.63) is 24.5 Å². The van der Waals surface area contributed by atoms with E-state index < -0.39 is 12.1 Å². The zero-order valence-corrected chi connectivity index (χ0v) is 12.2. The molecule has 5 heteroatoms. The number of anilines is 1. The molecule has 2 unspecified atom stereocenters. The fraction of sp³-hybridized carbons (Fsp3) is 0.533. The summed E-state index contributed by atoms with van der Waals surface area (Å²) in [5.74, 6) is 0.220. The van der Waals surface area contributed by atoms with Crippen LogP contribution in [-0.4, -0.2) is 28.9 Å². The van der Waals surface area contributed by atoms with Crippen LogP contribution < -0.4 is 10.2 Å². The first-order chi connectivity index (χ1) is 9.54. The lowest BCUT2D eigenvalue weighted by molar-refractivity contribution is -0.134. The Morgan fingerprint density at radius 2 is 2.15 bits per heavy atom. The van der Waals surface area contributed by atoms with Gasteiger partial charge in [-0.15, -0.1) is 0 Å². The molecule has 0 bridgehead atoms. The first-order valence-electron chi connectivity index (χ1n) is 7.08. The monoisotopic (exact) mass is 275 g/mol. The molecule has 0 aliphatic carbocycles. The second-order valence-electron chi connectivity index (χ2n) is 5.53. The zero-order valence-electron chi connectivity index (χ0n) is 12.2. The standard InChI is InChI=1S/C15H21N3O2/c1-4-13-14(19)17-12(8-10(2)3)15(20)18(13)11-6-5-7-16-9-11/h5-7,9-10,12-13H,4,8H2,1-3H3,(H,17,19). The van der Waals surface area contributed by atoms with Crippen LogP contribution in [0.15, 0.2) is 24.5 Å². The molecule has 0 spiro atoms. The summed E-state index contributed by atoms with van der Waals surface area (Å²) in [4.78, 5) is 30.5. The van der Waals surface area contributed by atoms with Gasteiger partial charge in [-0.05, 0) is 30.9 Å². The van der Waals surface area contributed by atoms with Gasteiger partial charge in [-0.1, -0.05) is 20.8 Å². The van der Waals surface area contributed by atoms with Gasteiger partial charge in [0.1, 0.15) is 12.1 Å². The summed E-state index contributed by atoms with van der Waals surface area (Å²) in [5, 5.41) is 2.85. The number of hydrogen-bond donors (Lipinski definition) is 1. The molecular formula is C15H21N3O2. The Bertz CT molecular complexity index is 487. The molecule has 1 aliphatic rings. The molecule has 20 heavy (non-hydrogen) atoms. The Hall–Kier alpha value is -1.91. The summed E-state index contributed by atoms with van der Waals surface area (Å²) in [6.45, 7) is 5.99. The molecule has 5 nitrogen and oxygen atoms in total. The number of piperazine rings is 1. The van der Waals surface area contributed by atoms with Crippen molar-refractivity contribution in [2.75, 3.05) is 4.90 Å². The molecule has 2 atom stereocenters. The van der Waals surface area contributed by atoms with E-state index in [4.69, 9.17) is 0 Å². The third kappa shape index (κ3) is 2.81. The summed E-state index contributed by atoms with van der Waals surface area (Å²) in [5.41, 5.74) is 0.688. The summed E-state index contributed by atoms with van der Waals surface area (Å²) in [7, 11) is 0. The molecule has 0 saturated carbocycles. The van der Waals surface area contributed by atoms with Crippen LogP contribution in [0.25, 0.3) is 0 Å². The predicted octanol–water partition coefficient (Wildman–Crippen LogP) is 1.74. The summed E-state index contributed by atoms with van der Waals surface area (Å²) < 4.78 is 0. The zero-order chi connectivity index (χ0) is 14.7. The smallest absolute Gasteiger partial charge is 0.250 e. The van der Waals surface area contributed by atoms with Gasteiger partial charge in [0.05, 0.1) is 11.9 Å². The minimum Gasteiger partial charge on any atom is -0.342 e. The van der Waals surface area contributed by atoms with Crippen molar-refractivity contribution in [2.45, 2.75) is 45.7 Å². The van der Waals surface area contributed by atoms with E-state index in [9.17, 15) is 9.59 Å². The van der Waals surface area contributed by atoms with Gasteiger partial charge in [0.2, 0.25) is 11.8 Å². The van der Waals surface area contributed by atoms with Crippen LogP contribution in [0.4, 0.5) is 5.69 Å². The molecule has 2 rings (SSSR count). The number of pyridine rings is 1. The number of nitrogens with one attached hydrogen (secondary N) is 1. The van der Waals surface area contributed by atoms with Crippen molar-refractivity contribution >= 4 is 17.5 Å². The first kappa shape index (κ1) is 14.5. The fourth-order valence-electron chi connectivity index (χ4n) is 2.57. The molecule has 2 amide bonds. The Morgan fingerprint density at radius 3 is 2.70 bits per heavy atom. The summed E-state index contributed by atoms with van der Waals surface area (Å²) in [6.07, 6.45) is 4.52. The normalized spacial score (nSPS) is 23.1. The molecule has 1 fully saturated rings. The number of nitrogens with zero attached hydrogens (tertiary/aromatic N) is 2. The lowest BCUT2D eigenvalue weighted by Crippen LogP contribution is -2.63. The van der Waals surface area contributed by atoms with E-state index >= 15 is 0 Å². The maximum Gasteiger partial charge on any atom is 0.250 e. The Labute approximate surface area is 119 Å². The lowest BCUT2D eigenvalue weighted by atomic mass is 9.97. The minimum absolute atomic E-state index is 0.0434. The highest BCUT2D eigenvalue weighted by atomic mass is 16.2. The van der Waals surface area contributed by atoms with Gasteiger partial charge < -0.3 is 5.32 Å². The van der Waals surface area contributed by atoms with E-state index in [1.807, 2.05) is 26.8 Å². The summed E-state index contributed by atoms with van der Waals surface area (Å²) in [6, 6.07) is 2.71. The van der Waals surface area contributed by atoms with Gasteiger partial charge in [0, 0.05) is 6.20 Å². The van der Waals surface area contributed by atoms with Crippen LogP contribution in [0.3, 0.4) is 0 Å². The molecule has 1 saturated heterocycles. The van der Waals surface area contributed by atoms with E-state index in [-0.39, 0.29) is 11.8 Å². The van der Waals surface area contributed by atoms with Gasteiger partial charge >= 0.3 is 0 Å². The molecule has 108 valence electrons. The van der Waals surface area contributed by atoms with Gasteiger partial charge in [-0.3, -0.25) is 19.5 Å². The van der Waals surface area contributed by atoms with Crippen molar-refractivity contribution < 1.29 is 9.59 Å². The number of rotatable bonds is 4. The maximum absolute atomic E-state index is 12.7. The number of hydrogen-bond acceptors (Lipinski definition) is 3. The van der Waals surface area contributed by atoms with Gasteiger partial charge in [-0.25, -0.2) is 0 Å². The van der Waals surface area contributed by atoms with Gasteiger partial charge in [0.15, 0.2) is 0 Å². The second-order valence-corrected chi connectivity index (χ2v) is 5.53. The second kappa shape index (κ2) is 6.03. The number of carbonyl (C=O) groups excluding carboxylic acids is 2. The maximum atomic E-state index is 12.7. The van der Waals surface area contributed by atoms with Crippen molar-refractivity contribution in [3.63, 3.8) is 0 Å². The van der Waals surface area contributed by atoms with Crippen LogP contribution in [0.1, 0.15) is 33.6 Å². The average molecular weight is 275 g/mol. The Balaban J connectivity index is 2.33. The van der Waals surface area contributed by atoms with E-state index in [1.54, 1.807) is 23.4 Å². The molecule has 0 aromatic carbocycles. The van der Waals surface area contributed by atoms with Crippen molar-refractivity contribution in [2.24, 2.45) is 5.92 Å². The topological polar surface area (TPSA) is 62.3 Å². The molecule has 0 radical (unpaired) electrons. The molecular weight excluding hydrogens is 254 g/mol. The third-order valence-electron chi connectivity index (χ3n) is 3.48. The first-order valence-corrected chi connectivity index (χ1v) is 7.08. The third-order valence-corrected chi connectivity index (χ3v) is 3.48. The van der Waals surface area contributed by atoms with Crippen LogP contribution in [-0.2, 0) is 9.59 Å². The molecule has 1 aromatic heterocycles. The number of carbonyl (C=O) groups is 2. The largest absolute Gasteiger partial charge is 0.342 e. The van der Waals surface area contributed by atoms with Crippen molar-refractivity contribution in [3.8, 4) is 0 Å². The predicted molar refractivity (Wildman–Crippen MR) is 77.2 cm³/mol. The lowest BCUT2D eigenvalue weighted by Gasteiger charge is -2.38. The van der Waals surface area contributed by atoms with Crippen LogP contribution >= 0.6 is 0 Å².